The van der Waals surface area contributed by atoms with E-state index in [0.29, 0.717) is 24.2 Å². The molecule has 1 heterocycles. The second kappa shape index (κ2) is 6.89. The van der Waals surface area contributed by atoms with Gasteiger partial charge in [-0.1, -0.05) is 13.8 Å². The van der Waals surface area contributed by atoms with Crippen molar-refractivity contribution in [1.29, 1.82) is 0 Å². The van der Waals surface area contributed by atoms with Crippen molar-refractivity contribution in [3.8, 4) is 0 Å². The zero-order chi connectivity index (χ0) is 15.4. The lowest BCUT2D eigenvalue weighted by atomic mass is 10.0. The minimum atomic E-state index is -0.574. The summed E-state index contributed by atoms with van der Waals surface area (Å²) < 4.78 is 13.7. The van der Waals surface area contributed by atoms with Gasteiger partial charge in [0.05, 0.1) is 5.56 Å². The average Bonchev–Trinajstić information content (AvgIpc) is 2.92. The van der Waals surface area contributed by atoms with E-state index >= 15 is 0 Å². The molecule has 0 aromatic heterocycles. The number of nitrogen functional groups attached to an aromatic ring is 1. The zero-order valence-electron chi connectivity index (χ0n) is 12.7. The van der Waals surface area contributed by atoms with Crippen molar-refractivity contribution in [2.45, 2.75) is 32.7 Å². The number of nitrogens with two attached hydrogens (primary N) is 1. The molecule has 116 valence electrons. The smallest absolute Gasteiger partial charge is 0.254 e. The molecule has 1 aliphatic heterocycles. The number of nitrogens with zero attached hydrogens (tertiary/aromatic N) is 1. The summed E-state index contributed by atoms with van der Waals surface area (Å²) in [4.78, 5) is 14.5. The first kappa shape index (κ1) is 15.8. The molecule has 0 radical (unpaired) electrons. The Kier molecular flexibility index (Phi) is 5.17. The number of rotatable bonds is 5. The van der Waals surface area contributed by atoms with Gasteiger partial charge in [-0.3, -0.25) is 9.69 Å². The maximum Gasteiger partial charge on any atom is 0.254 e. The van der Waals surface area contributed by atoms with Crippen LogP contribution in [0.1, 0.15) is 37.0 Å². The number of nitrogens with one attached hydrogen (secondary N) is 1. The number of likely N-dealkylation sites (tertiary alicyclic amines) is 1. The Bertz CT molecular complexity index is 498. The first-order chi connectivity index (χ1) is 9.99. The Morgan fingerprint density at radius 2 is 2.05 bits per heavy atom. The Hall–Kier alpha value is -1.62. The summed E-state index contributed by atoms with van der Waals surface area (Å²) in [6, 6.07) is 4.45. The number of amides is 1. The third-order valence-corrected chi connectivity index (χ3v) is 4.09. The van der Waals surface area contributed by atoms with Crippen LogP contribution in [0.3, 0.4) is 0 Å². The predicted octanol–water partition coefficient (Wildman–Crippen LogP) is 2.26. The largest absolute Gasteiger partial charge is 0.399 e. The van der Waals surface area contributed by atoms with Gasteiger partial charge in [-0.05, 0) is 50.0 Å². The molecule has 1 fully saturated rings. The van der Waals surface area contributed by atoms with Crippen LogP contribution >= 0.6 is 0 Å². The standard InChI is InChI=1S/C16H24FN3O/c1-11(2)15(20-7-3-4-8-20)10-19-16(21)13-6-5-12(18)9-14(13)17/h5-6,9,11,15H,3-4,7-8,10,18H2,1-2H3,(H,19,21). The molecule has 0 saturated carbocycles. The van der Waals surface area contributed by atoms with E-state index in [1.807, 2.05) is 0 Å². The summed E-state index contributed by atoms with van der Waals surface area (Å²) in [6.07, 6.45) is 2.42. The fourth-order valence-electron chi connectivity index (χ4n) is 2.87. The molecule has 1 aromatic carbocycles. The van der Waals surface area contributed by atoms with Gasteiger partial charge in [-0.15, -0.1) is 0 Å². The lowest BCUT2D eigenvalue weighted by Crippen LogP contribution is -2.45. The minimum absolute atomic E-state index is 0.0492. The number of hydrogen-bond donors (Lipinski definition) is 2. The summed E-state index contributed by atoms with van der Waals surface area (Å²) in [5, 5.41) is 2.86. The van der Waals surface area contributed by atoms with Crippen LogP contribution in [0.4, 0.5) is 10.1 Å². The average molecular weight is 293 g/mol. The highest BCUT2D eigenvalue weighted by molar-refractivity contribution is 5.94. The predicted molar refractivity (Wildman–Crippen MR) is 82.6 cm³/mol. The quantitative estimate of drug-likeness (QED) is 0.819. The first-order valence-electron chi connectivity index (χ1n) is 7.56. The van der Waals surface area contributed by atoms with Crippen LogP contribution in [-0.4, -0.2) is 36.5 Å². The van der Waals surface area contributed by atoms with E-state index in [2.05, 4.69) is 24.1 Å². The van der Waals surface area contributed by atoms with Gasteiger partial charge >= 0.3 is 0 Å². The normalized spacial score (nSPS) is 17.1. The number of anilines is 1. The van der Waals surface area contributed by atoms with Crippen LogP contribution in [-0.2, 0) is 0 Å². The second-order valence-corrected chi connectivity index (χ2v) is 6.00. The minimum Gasteiger partial charge on any atom is -0.399 e. The molecule has 0 aliphatic carbocycles. The lowest BCUT2D eigenvalue weighted by Gasteiger charge is -2.31. The van der Waals surface area contributed by atoms with Crippen molar-refractivity contribution in [3.63, 3.8) is 0 Å². The van der Waals surface area contributed by atoms with Gasteiger partial charge < -0.3 is 11.1 Å². The van der Waals surface area contributed by atoms with Crippen molar-refractivity contribution in [1.82, 2.24) is 10.2 Å². The molecule has 1 aromatic rings. The molecule has 21 heavy (non-hydrogen) atoms. The molecule has 1 saturated heterocycles. The summed E-state index contributed by atoms with van der Waals surface area (Å²) in [5.41, 5.74) is 5.86. The van der Waals surface area contributed by atoms with E-state index in [0.717, 1.165) is 13.1 Å². The van der Waals surface area contributed by atoms with Crippen LogP contribution in [0.25, 0.3) is 0 Å². The first-order valence-corrected chi connectivity index (χ1v) is 7.56. The van der Waals surface area contributed by atoms with E-state index in [4.69, 9.17) is 5.73 Å². The van der Waals surface area contributed by atoms with E-state index in [9.17, 15) is 9.18 Å². The molecule has 2 rings (SSSR count). The molecule has 1 atom stereocenters. The molecule has 1 aliphatic rings. The van der Waals surface area contributed by atoms with Gasteiger partial charge in [0.25, 0.3) is 5.91 Å². The topological polar surface area (TPSA) is 58.4 Å². The summed E-state index contributed by atoms with van der Waals surface area (Å²) >= 11 is 0. The van der Waals surface area contributed by atoms with Crippen LogP contribution in [0, 0.1) is 11.7 Å². The van der Waals surface area contributed by atoms with Crippen molar-refractivity contribution < 1.29 is 9.18 Å². The fraction of sp³-hybridized carbons (Fsp3) is 0.562. The molecule has 0 spiro atoms. The summed E-state index contributed by atoms with van der Waals surface area (Å²) in [7, 11) is 0. The lowest BCUT2D eigenvalue weighted by molar-refractivity contribution is 0.0923. The number of halogens is 1. The van der Waals surface area contributed by atoms with E-state index < -0.39 is 5.82 Å². The Labute approximate surface area is 125 Å². The highest BCUT2D eigenvalue weighted by Gasteiger charge is 2.25. The monoisotopic (exact) mass is 293 g/mol. The molecule has 5 heteroatoms. The third-order valence-electron chi connectivity index (χ3n) is 4.09. The summed E-state index contributed by atoms with van der Waals surface area (Å²) in [5.74, 6) is -0.508. The molecular weight excluding hydrogens is 269 g/mol. The molecule has 3 N–H and O–H groups in total. The number of hydrogen-bond acceptors (Lipinski definition) is 3. The van der Waals surface area contributed by atoms with Crippen molar-refractivity contribution in [3.05, 3.63) is 29.6 Å². The van der Waals surface area contributed by atoms with Gasteiger partial charge in [0.2, 0.25) is 0 Å². The molecule has 1 unspecified atom stereocenters. The van der Waals surface area contributed by atoms with Crippen molar-refractivity contribution in [2.75, 3.05) is 25.4 Å². The van der Waals surface area contributed by atoms with Crippen molar-refractivity contribution >= 4 is 11.6 Å². The maximum atomic E-state index is 13.7. The number of carbonyl (C=O) groups excluding carboxylic acids is 1. The highest BCUT2D eigenvalue weighted by atomic mass is 19.1. The van der Waals surface area contributed by atoms with Gasteiger partial charge in [0.15, 0.2) is 0 Å². The van der Waals surface area contributed by atoms with Gasteiger partial charge in [-0.25, -0.2) is 4.39 Å². The molecule has 0 bridgehead atoms. The van der Waals surface area contributed by atoms with E-state index in [-0.39, 0.29) is 11.5 Å². The SMILES string of the molecule is CC(C)C(CNC(=O)c1ccc(N)cc1F)N1CCCC1. The third kappa shape index (κ3) is 3.94. The summed E-state index contributed by atoms with van der Waals surface area (Å²) in [6.45, 7) is 7.00. The van der Waals surface area contributed by atoms with E-state index in [1.54, 1.807) is 6.07 Å². The van der Waals surface area contributed by atoms with Crippen LogP contribution in [0.15, 0.2) is 18.2 Å². The van der Waals surface area contributed by atoms with Crippen LogP contribution < -0.4 is 11.1 Å². The zero-order valence-corrected chi connectivity index (χ0v) is 12.7. The molecule has 4 nitrogen and oxygen atoms in total. The van der Waals surface area contributed by atoms with Crippen LogP contribution in [0.2, 0.25) is 0 Å². The van der Waals surface area contributed by atoms with Crippen LogP contribution in [0.5, 0.6) is 0 Å². The highest BCUT2D eigenvalue weighted by Crippen LogP contribution is 2.17. The van der Waals surface area contributed by atoms with Crippen molar-refractivity contribution in [2.24, 2.45) is 5.92 Å². The van der Waals surface area contributed by atoms with E-state index in [1.165, 1.54) is 25.0 Å². The maximum absolute atomic E-state index is 13.7. The molecular formula is C16H24FN3O. The Morgan fingerprint density at radius 3 is 2.62 bits per heavy atom. The number of benzene rings is 1. The molecule has 1 amide bonds. The second-order valence-electron chi connectivity index (χ2n) is 6.00. The Balaban J connectivity index is 1.98. The van der Waals surface area contributed by atoms with Gasteiger partial charge in [-0.2, -0.15) is 0 Å². The van der Waals surface area contributed by atoms with Gasteiger partial charge in [0, 0.05) is 18.3 Å². The fourth-order valence-corrected chi connectivity index (χ4v) is 2.87. The number of carbonyl (C=O) groups is 1. The van der Waals surface area contributed by atoms with Gasteiger partial charge in [0.1, 0.15) is 5.82 Å². The Morgan fingerprint density at radius 1 is 1.38 bits per heavy atom.